The summed E-state index contributed by atoms with van der Waals surface area (Å²) >= 11 is 0. The van der Waals surface area contributed by atoms with E-state index in [9.17, 15) is 4.79 Å². The molecule has 2 aromatic rings. The summed E-state index contributed by atoms with van der Waals surface area (Å²) in [5.41, 5.74) is 2.67. The van der Waals surface area contributed by atoms with Gasteiger partial charge < -0.3 is 14.7 Å². The molecule has 0 bridgehead atoms. The van der Waals surface area contributed by atoms with Crippen LogP contribution in [0.3, 0.4) is 0 Å². The molecule has 1 saturated heterocycles. The number of aromatic nitrogens is 2. The van der Waals surface area contributed by atoms with Crippen LogP contribution in [0.4, 0.5) is 0 Å². The van der Waals surface area contributed by atoms with Crippen LogP contribution in [0.15, 0.2) is 10.6 Å². The minimum atomic E-state index is 0.0338. The van der Waals surface area contributed by atoms with Crippen LogP contribution < -0.4 is 5.32 Å². The molecular formula is C17H24N4O2. The molecule has 1 N–H and O–H groups in total. The van der Waals surface area contributed by atoms with Crippen molar-refractivity contribution >= 4 is 17.0 Å². The van der Waals surface area contributed by atoms with Crippen molar-refractivity contribution in [2.24, 2.45) is 0 Å². The van der Waals surface area contributed by atoms with Crippen molar-refractivity contribution in [1.29, 1.82) is 0 Å². The molecule has 2 atom stereocenters. The average Bonchev–Trinajstić information content (AvgIpc) is 2.90. The van der Waals surface area contributed by atoms with E-state index in [0.717, 1.165) is 17.6 Å². The summed E-state index contributed by atoms with van der Waals surface area (Å²) in [7, 11) is 0. The molecule has 3 rings (SSSR count). The average molecular weight is 316 g/mol. The maximum atomic E-state index is 13.2. The molecule has 2 aromatic heterocycles. The number of amides is 1. The number of hydrogen-bond donors (Lipinski definition) is 1. The summed E-state index contributed by atoms with van der Waals surface area (Å²) < 4.78 is 5.32. The van der Waals surface area contributed by atoms with Gasteiger partial charge in [0.05, 0.1) is 16.6 Å². The summed E-state index contributed by atoms with van der Waals surface area (Å²) in [4.78, 5) is 19.6. The van der Waals surface area contributed by atoms with Crippen LogP contribution in [0, 0.1) is 6.92 Å². The van der Waals surface area contributed by atoms with Gasteiger partial charge in [0.15, 0.2) is 0 Å². The van der Waals surface area contributed by atoms with Crippen LogP contribution in [0.2, 0.25) is 0 Å². The second-order valence-corrected chi connectivity index (χ2v) is 6.68. The third-order valence-corrected chi connectivity index (χ3v) is 4.75. The van der Waals surface area contributed by atoms with Gasteiger partial charge in [-0.15, -0.1) is 0 Å². The van der Waals surface area contributed by atoms with Crippen molar-refractivity contribution < 1.29 is 9.32 Å². The highest BCUT2D eigenvalue weighted by molar-refractivity contribution is 6.06. The summed E-state index contributed by atoms with van der Waals surface area (Å²) in [6.45, 7) is 11.7. The van der Waals surface area contributed by atoms with Crippen LogP contribution in [-0.2, 0) is 0 Å². The molecular weight excluding hydrogens is 292 g/mol. The fourth-order valence-corrected chi connectivity index (χ4v) is 3.08. The number of carbonyl (C=O) groups excluding carboxylic acids is 1. The van der Waals surface area contributed by atoms with Crippen molar-refractivity contribution in [2.45, 2.75) is 52.6 Å². The molecule has 0 spiro atoms. The van der Waals surface area contributed by atoms with Gasteiger partial charge in [0.2, 0.25) is 0 Å². The number of piperazine rings is 1. The second-order valence-electron chi connectivity index (χ2n) is 6.68. The smallest absolute Gasteiger partial charge is 0.259 e. The molecule has 1 fully saturated rings. The zero-order valence-electron chi connectivity index (χ0n) is 14.4. The lowest BCUT2D eigenvalue weighted by Crippen LogP contribution is -2.57. The quantitative estimate of drug-likeness (QED) is 0.921. The van der Waals surface area contributed by atoms with Crippen molar-refractivity contribution in [1.82, 2.24) is 20.4 Å². The molecule has 0 aliphatic carbocycles. The van der Waals surface area contributed by atoms with Gasteiger partial charge in [0.1, 0.15) is 0 Å². The Labute approximate surface area is 136 Å². The molecule has 0 aromatic carbocycles. The van der Waals surface area contributed by atoms with E-state index in [1.165, 1.54) is 0 Å². The Morgan fingerprint density at radius 1 is 1.43 bits per heavy atom. The van der Waals surface area contributed by atoms with Gasteiger partial charge in [-0.25, -0.2) is 4.98 Å². The van der Waals surface area contributed by atoms with Crippen molar-refractivity contribution in [3.05, 3.63) is 23.0 Å². The van der Waals surface area contributed by atoms with E-state index in [1.54, 1.807) is 0 Å². The number of rotatable bonds is 2. The van der Waals surface area contributed by atoms with Crippen molar-refractivity contribution in [3.63, 3.8) is 0 Å². The standard InChI is InChI=1S/C17H24N4O2/c1-9(2)14-8-13(15-11(4)20-23-16(15)19-14)17(22)21-7-6-18-10(3)12(21)5/h8-10,12,18H,6-7H2,1-5H3. The number of nitrogens with zero attached hydrogens (tertiary/aromatic N) is 3. The monoisotopic (exact) mass is 316 g/mol. The first-order chi connectivity index (χ1) is 10.9. The zero-order chi connectivity index (χ0) is 16.7. The molecule has 6 nitrogen and oxygen atoms in total. The summed E-state index contributed by atoms with van der Waals surface area (Å²) in [5.74, 6) is 0.252. The van der Waals surface area contributed by atoms with Gasteiger partial charge in [-0.3, -0.25) is 4.79 Å². The summed E-state index contributed by atoms with van der Waals surface area (Å²) in [6, 6.07) is 2.32. The van der Waals surface area contributed by atoms with Gasteiger partial charge >= 0.3 is 0 Å². The number of fused-ring (bicyclic) bond motifs is 1. The molecule has 124 valence electrons. The Morgan fingerprint density at radius 2 is 2.17 bits per heavy atom. The molecule has 1 aliphatic heterocycles. The lowest BCUT2D eigenvalue weighted by molar-refractivity contribution is 0.0604. The van der Waals surface area contributed by atoms with Crippen molar-refractivity contribution in [2.75, 3.05) is 13.1 Å². The van der Waals surface area contributed by atoms with Crippen LogP contribution in [0.5, 0.6) is 0 Å². The Kier molecular flexibility index (Phi) is 4.10. The molecule has 1 aliphatic rings. The van der Waals surface area contributed by atoms with E-state index in [4.69, 9.17) is 4.52 Å². The molecule has 2 unspecified atom stereocenters. The molecule has 3 heterocycles. The number of carbonyl (C=O) groups is 1. The number of hydrogen-bond acceptors (Lipinski definition) is 5. The van der Waals surface area contributed by atoms with E-state index in [2.05, 4.69) is 43.2 Å². The minimum Gasteiger partial charge on any atom is -0.336 e. The molecule has 0 saturated carbocycles. The van der Waals surface area contributed by atoms with E-state index in [1.807, 2.05) is 17.9 Å². The van der Waals surface area contributed by atoms with Crippen LogP contribution in [0.1, 0.15) is 55.4 Å². The summed E-state index contributed by atoms with van der Waals surface area (Å²) in [6.07, 6.45) is 0. The fourth-order valence-electron chi connectivity index (χ4n) is 3.08. The molecule has 6 heteroatoms. The van der Waals surface area contributed by atoms with Gasteiger partial charge in [-0.1, -0.05) is 19.0 Å². The van der Waals surface area contributed by atoms with Crippen molar-refractivity contribution in [3.8, 4) is 0 Å². The van der Waals surface area contributed by atoms with E-state index < -0.39 is 0 Å². The number of pyridine rings is 1. The number of nitrogens with one attached hydrogen (secondary N) is 1. The lowest BCUT2D eigenvalue weighted by atomic mass is 10.0. The molecule has 23 heavy (non-hydrogen) atoms. The maximum Gasteiger partial charge on any atom is 0.259 e. The van der Waals surface area contributed by atoms with Gasteiger partial charge in [-0.2, -0.15) is 0 Å². The van der Waals surface area contributed by atoms with Gasteiger partial charge in [0.25, 0.3) is 11.6 Å². The highest BCUT2D eigenvalue weighted by Crippen LogP contribution is 2.27. The fraction of sp³-hybridized carbons (Fsp3) is 0.588. The molecule has 0 radical (unpaired) electrons. The predicted octanol–water partition coefficient (Wildman–Crippen LogP) is 2.48. The summed E-state index contributed by atoms with van der Waals surface area (Å²) in [5, 5.41) is 8.14. The van der Waals surface area contributed by atoms with Crippen LogP contribution in [0.25, 0.3) is 11.1 Å². The van der Waals surface area contributed by atoms with E-state index >= 15 is 0 Å². The Morgan fingerprint density at radius 3 is 2.87 bits per heavy atom. The Bertz CT molecular complexity index is 738. The first-order valence-corrected chi connectivity index (χ1v) is 8.21. The maximum absolute atomic E-state index is 13.2. The normalized spacial score (nSPS) is 22.1. The third kappa shape index (κ3) is 2.72. The molecule has 1 amide bonds. The first-order valence-electron chi connectivity index (χ1n) is 8.21. The zero-order valence-corrected chi connectivity index (χ0v) is 14.4. The Hall–Kier alpha value is -1.95. The highest BCUT2D eigenvalue weighted by atomic mass is 16.5. The SMILES string of the molecule is Cc1noc2nc(C(C)C)cc(C(=O)N3CCNC(C)C3C)c12. The minimum absolute atomic E-state index is 0.0338. The third-order valence-electron chi connectivity index (χ3n) is 4.75. The Balaban J connectivity index is 2.10. The topological polar surface area (TPSA) is 71.3 Å². The lowest BCUT2D eigenvalue weighted by Gasteiger charge is -2.38. The van der Waals surface area contributed by atoms with Crippen LogP contribution >= 0.6 is 0 Å². The van der Waals surface area contributed by atoms with E-state index in [0.29, 0.717) is 23.5 Å². The number of aryl methyl sites for hydroxylation is 1. The van der Waals surface area contributed by atoms with Crippen LogP contribution in [-0.4, -0.2) is 46.1 Å². The van der Waals surface area contributed by atoms with Gasteiger partial charge in [0, 0.05) is 30.9 Å². The highest BCUT2D eigenvalue weighted by Gasteiger charge is 2.31. The predicted molar refractivity (Wildman–Crippen MR) is 88.6 cm³/mol. The second kappa shape index (κ2) is 5.92. The van der Waals surface area contributed by atoms with E-state index in [-0.39, 0.29) is 23.9 Å². The largest absolute Gasteiger partial charge is 0.336 e. The van der Waals surface area contributed by atoms with Gasteiger partial charge in [-0.05, 0) is 32.8 Å². The first kappa shape index (κ1) is 15.9.